The van der Waals surface area contributed by atoms with Crippen molar-refractivity contribution in [1.82, 2.24) is 0 Å². The summed E-state index contributed by atoms with van der Waals surface area (Å²) in [5, 5.41) is -0.0423. The third-order valence-corrected chi connectivity index (χ3v) is 3.73. The smallest absolute Gasteiger partial charge is 0.144 e. The van der Waals surface area contributed by atoms with Crippen molar-refractivity contribution in [3.8, 4) is 0 Å². The zero-order valence-electron chi connectivity index (χ0n) is 7.20. The normalized spacial score (nSPS) is 11.9. The molecule has 0 aromatic heterocycles. The number of nitrogens with two attached hydrogens (primary N) is 1. The predicted molar refractivity (Wildman–Crippen MR) is 68.8 cm³/mol. The van der Waals surface area contributed by atoms with E-state index in [1.807, 2.05) is 0 Å². The standard InChI is InChI=1S/C8H5Br2Cl2FN2/c9-3-1-4(13)7(12)6(10)8(3)15-5(14)2-11/h1H,2H2,(H2,14,15). The maximum atomic E-state index is 13.1. The summed E-state index contributed by atoms with van der Waals surface area (Å²) in [6.45, 7) is 0. The molecule has 0 amide bonds. The lowest BCUT2D eigenvalue weighted by atomic mass is 10.3. The van der Waals surface area contributed by atoms with Gasteiger partial charge < -0.3 is 5.73 Å². The number of aliphatic imine (C=N–C) groups is 1. The van der Waals surface area contributed by atoms with E-state index >= 15 is 0 Å². The highest BCUT2D eigenvalue weighted by atomic mass is 79.9. The average molecular weight is 379 g/mol. The molecule has 0 aliphatic heterocycles. The van der Waals surface area contributed by atoms with Crippen LogP contribution in [0.5, 0.6) is 0 Å². The van der Waals surface area contributed by atoms with Crippen LogP contribution < -0.4 is 5.73 Å². The van der Waals surface area contributed by atoms with Crippen LogP contribution in [-0.4, -0.2) is 11.7 Å². The van der Waals surface area contributed by atoms with E-state index < -0.39 is 5.82 Å². The number of hydrogen-bond donors (Lipinski definition) is 1. The van der Waals surface area contributed by atoms with Gasteiger partial charge in [0.2, 0.25) is 0 Å². The van der Waals surface area contributed by atoms with Gasteiger partial charge in [0.05, 0.1) is 21.1 Å². The van der Waals surface area contributed by atoms with Crippen molar-refractivity contribution in [3.05, 3.63) is 25.9 Å². The number of hydrogen-bond acceptors (Lipinski definition) is 1. The molecule has 15 heavy (non-hydrogen) atoms. The molecule has 1 aromatic carbocycles. The molecule has 0 saturated carbocycles. The van der Waals surface area contributed by atoms with Gasteiger partial charge in [-0.3, -0.25) is 0 Å². The lowest BCUT2D eigenvalue weighted by Crippen LogP contribution is -2.12. The van der Waals surface area contributed by atoms with Crippen molar-refractivity contribution in [1.29, 1.82) is 0 Å². The Morgan fingerprint density at radius 2 is 2.13 bits per heavy atom. The summed E-state index contributed by atoms with van der Waals surface area (Å²) in [7, 11) is 0. The van der Waals surface area contributed by atoms with E-state index in [0.717, 1.165) is 0 Å². The number of alkyl halides is 1. The minimum atomic E-state index is -0.543. The highest BCUT2D eigenvalue weighted by molar-refractivity contribution is 9.11. The third-order valence-electron chi connectivity index (χ3n) is 1.48. The minimum absolute atomic E-state index is 0.0423. The SMILES string of the molecule is NC(CCl)=Nc1c(Br)cc(F)c(Cl)c1Br. The van der Waals surface area contributed by atoms with E-state index in [2.05, 4.69) is 36.9 Å². The number of benzene rings is 1. The molecule has 82 valence electrons. The van der Waals surface area contributed by atoms with Gasteiger partial charge >= 0.3 is 0 Å². The Labute approximate surface area is 113 Å². The summed E-state index contributed by atoms with van der Waals surface area (Å²) in [6, 6.07) is 1.22. The van der Waals surface area contributed by atoms with Crippen LogP contribution in [0.4, 0.5) is 10.1 Å². The maximum absolute atomic E-state index is 13.1. The molecule has 0 bridgehead atoms. The molecule has 2 nitrogen and oxygen atoms in total. The van der Waals surface area contributed by atoms with Gasteiger partial charge in [0.25, 0.3) is 0 Å². The maximum Gasteiger partial charge on any atom is 0.144 e. The largest absolute Gasteiger partial charge is 0.386 e. The van der Waals surface area contributed by atoms with Crippen LogP contribution in [-0.2, 0) is 0 Å². The molecule has 0 fully saturated rings. The van der Waals surface area contributed by atoms with Crippen LogP contribution >= 0.6 is 55.1 Å². The molecule has 2 N–H and O–H groups in total. The van der Waals surface area contributed by atoms with Crippen molar-refractivity contribution >= 4 is 66.6 Å². The van der Waals surface area contributed by atoms with Crippen molar-refractivity contribution < 1.29 is 4.39 Å². The van der Waals surface area contributed by atoms with E-state index in [1.54, 1.807) is 0 Å². The Balaban J connectivity index is 3.36. The Hall–Kier alpha value is 0.160. The first-order valence-corrected chi connectivity index (χ1v) is 6.19. The van der Waals surface area contributed by atoms with Crippen LogP contribution in [0.1, 0.15) is 0 Å². The van der Waals surface area contributed by atoms with Crippen molar-refractivity contribution in [3.63, 3.8) is 0 Å². The zero-order valence-corrected chi connectivity index (χ0v) is 11.9. The van der Waals surface area contributed by atoms with E-state index in [1.165, 1.54) is 6.07 Å². The molecule has 1 aromatic rings. The Bertz CT molecular complexity index is 424. The van der Waals surface area contributed by atoms with Gasteiger partial charge in [-0.25, -0.2) is 9.38 Å². The molecule has 0 spiro atoms. The third kappa shape index (κ3) is 3.06. The summed E-state index contributed by atoms with van der Waals surface area (Å²) >= 11 is 17.5. The first-order valence-electron chi connectivity index (χ1n) is 3.69. The molecule has 0 unspecified atom stereocenters. The molecule has 1 rings (SSSR count). The molecule has 0 heterocycles. The molecule has 0 radical (unpaired) electrons. The summed E-state index contributed by atoms with van der Waals surface area (Å²) in [6.07, 6.45) is 0. The topological polar surface area (TPSA) is 38.4 Å². The summed E-state index contributed by atoms with van der Waals surface area (Å²) in [5.41, 5.74) is 5.89. The van der Waals surface area contributed by atoms with Crippen molar-refractivity contribution in [2.75, 3.05) is 5.88 Å². The van der Waals surface area contributed by atoms with Gasteiger partial charge in [-0.05, 0) is 37.9 Å². The van der Waals surface area contributed by atoms with Gasteiger partial charge in [0.15, 0.2) is 0 Å². The fourth-order valence-electron chi connectivity index (χ4n) is 0.833. The van der Waals surface area contributed by atoms with Crippen molar-refractivity contribution in [2.24, 2.45) is 10.7 Å². The van der Waals surface area contributed by atoms with Gasteiger partial charge in [-0.2, -0.15) is 0 Å². The van der Waals surface area contributed by atoms with Crippen LogP contribution in [0.3, 0.4) is 0 Å². The van der Waals surface area contributed by atoms with Gasteiger partial charge in [0, 0.05) is 4.47 Å². The number of halogens is 5. The Morgan fingerprint density at radius 3 is 2.67 bits per heavy atom. The molecule has 0 saturated heterocycles. The first kappa shape index (κ1) is 13.2. The van der Waals surface area contributed by atoms with Gasteiger partial charge in [-0.1, -0.05) is 11.6 Å². The molecular weight excluding hydrogens is 374 g/mol. The summed E-state index contributed by atoms with van der Waals surface area (Å²) in [5.74, 6) is -0.229. The van der Waals surface area contributed by atoms with E-state index in [4.69, 9.17) is 28.9 Å². The van der Waals surface area contributed by atoms with E-state index in [9.17, 15) is 4.39 Å². The molecular formula is C8H5Br2Cl2FN2. The summed E-state index contributed by atoms with van der Waals surface area (Å²) in [4.78, 5) is 4.00. The summed E-state index contributed by atoms with van der Waals surface area (Å²) < 4.78 is 13.9. The minimum Gasteiger partial charge on any atom is -0.386 e. The second-order valence-electron chi connectivity index (χ2n) is 2.55. The number of nitrogens with zero attached hydrogens (tertiary/aromatic N) is 1. The predicted octanol–water partition coefficient (Wildman–Crippen LogP) is 4.23. The first-order chi connectivity index (χ1) is 6.97. The molecule has 0 aliphatic carbocycles. The fourth-order valence-corrected chi connectivity index (χ4v) is 2.28. The lowest BCUT2D eigenvalue weighted by molar-refractivity contribution is 0.626. The zero-order chi connectivity index (χ0) is 11.6. The monoisotopic (exact) mass is 376 g/mol. The lowest BCUT2D eigenvalue weighted by Gasteiger charge is -2.06. The fraction of sp³-hybridized carbons (Fsp3) is 0.125. The number of amidine groups is 1. The van der Waals surface area contributed by atoms with E-state index in [0.29, 0.717) is 14.6 Å². The van der Waals surface area contributed by atoms with Gasteiger partial charge in [-0.15, -0.1) is 11.6 Å². The van der Waals surface area contributed by atoms with Crippen molar-refractivity contribution in [2.45, 2.75) is 0 Å². The Morgan fingerprint density at radius 1 is 1.53 bits per heavy atom. The molecule has 0 aliphatic rings. The highest BCUT2D eigenvalue weighted by Crippen LogP contribution is 2.40. The van der Waals surface area contributed by atoms with Gasteiger partial charge in [0.1, 0.15) is 11.7 Å². The second kappa shape index (κ2) is 5.48. The quantitative estimate of drug-likeness (QED) is 0.270. The van der Waals surface area contributed by atoms with Crippen LogP contribution in [0.2, 0.25) is 5.02 Å². The van der Waals surface area contributed by atoms with Crippen LogP contribution in [0.25, 0.3) is 0 Å². The van der Waals surface area contributed by atoms with Crippen LogP contribution in [0, 0.1) is 5.82 Å². The molecule has 7 heteroatoms. The average Bonchev–Trinajstić information content (AvgIpc) is 2.21. The number of rotatable bonds is 2. The second-order valence-corrected chi connectivity index (χ2v) is 4.85. The Kier molecular flexibility index (Phi) is 4.83. The molecule has 0 atom stereocenters. The van der Waals surface area contributed by atoms with E-state index in [-0.39, 0.29) is 16.7 Å². The van der Waals surface area contributed by atoms with Crippen LogP contribution in [0.15, 0.2) is 20.0 Å². The highest BCUT2D eigenvalue weighted by Gasteiger charge is 2.13.